The molecule has 27 heavy (non-hydrogen) atoms. The molecule has 7 heteroatoms. The Balaban J connectivity index is 1.44. The van der Waals surface area contributed by atoms with Crippen molar-refractivity contribution in [3.63, 3.8) is 0 Å². The molecule has 0 radical (unpaired) electrons. The minimum absolute atomic E-state index is 0.743. The number of aryl methyl sites for hydroxylation is 1. The fraction of sp³-hybridized carbons (Fsp3) is 0.350. The van der Waals surface area contributed by atoms with E-state index >= 15 is 0 Å². The lowest BCUT2D eigenvalue weighted by molar-refractivity contribution is 0.122. The Morgan fingerprint density at radius 2 is 1.74 bits per heavy atom. The fourth-order valence-electron chi connectivity index (χ4n) is 3.80. The van der Waals surface area contributed by atoms with E-state index in [-0.39, 0.29) is 0 Å². The molecule has 0 saturated carbocycles. The van der Waals surface area contributed by atoms with Gasteiger partial charge in [0.2, 0.25) is 0 Å². The van der Waals surface area contributed by atoms with E-state index in [1.54, 1.807) is 0 Å². The van der Waals surface area contributed by atoms with Gasteiger partial charge >= 0.3 is 0 Å². The van der Waals surface area contributed by atoms with Crippen LogP contribution in [0.4, 0.5) is 11.6 Å². The normalized spacial score (nSPS) is 17.6. The van der Waals surface area contributed by atoms with Gasteiger partial charge in [-0.25, -0.2) is 9.97 Å². The zero-order valence-electron chi connectivity index (χ0n) is 15.4. The monoisotopic (exact) mass is 362 g/mol. The molecule has 7 nitrogen and oxygen atoms in total. The van der Waals surface area contributed by atoms with E-state index in [0.29, 0.717) is 0 Å². The summed E-state index contributed by atoms with van der Waals surface area (Å²) < 4.78 is 7.61. The first-order chi connectivity index (χ1) is 13.3. The van der Waals surface area contributed by atoms with Gasteiger partial charge < -0.3 is 19.1 Å². The Morgan fingerprint density at radius 3 is 2.52 bits per heavy atom. The summed E-state index contributed by atoms with van der Waals surface area (Å²) in [6, 6.07) is 10.6. The minimum Gasteiger partial charge on any atom is -0.378 e. The van der Waals surface area contributed by atoms with E-state index in [9.17, 15) is 0 Å². The van der Waals surface area contributed by atoms with E-state index in [1.165, 1.54) is 10.9 Å². The maximum Gasteiger partial charge on any atom is 0.153 e. The quantitative estimate of drug-likeness (QED) is 0.714. The standard InChI is InChI=1S/C20H22N6O/c1-24-16-5-3-2-4-15(16)12-17(24)20-21-6-7-26(20)19-14-22-18(13-23-19)25-8-10-27-11-9-25/h2-5,12-14H,6-11H2,1H3. The smallest absolute Gasteiger partial charge is 0.153 e. The average molecular weight is 362 g/mol. The molecule has 0 bridgehead atoms. The number of aliphatic imine (C=N–C) groups is 1. The van der Waals surface area contributed by atoms with Crippen LogP contribution >= 0.6 is 0 Å². The number of para-hydroxylation sites is 1. The molecule has 4 heterocycles. The van der Waals surface area contributed by atoms with Crippen LogP contribution in [-0.2, 0) is 11.8 Å². The molecular formula is C20H22N6O. The Kier molecular flexibility index (Phi) is 4.01. The lowest BCUT2D eigenvalue weighted by atomic mass is 10.2. The number of ether oxygens (including phenoxy) is 1. The van der Waals surface area contributed by atoms with Gasteiger partial charge in [-0.2, -0.15) is 0 Å². The topological polar surface area (TPSA) is 58.8 Å². The third kappa shape index (κ3) is 2.84. The molecule has 138 valence electrons. The molecule has 5 rings (SSSR count). The zero-order chi connectivity index (χ0) is 18.2. The van der Waals surface area contributed by atoms with Crippen molar-refractivity contribution in [2.24, 2.45) is 12.0 Å². The van der Waals surface area contributed by atoms with Gasteiger partial charge in [-0.15, -0.1) is 0 Å². The van der Waals surface area contributed by atoms with Crippen molar-refractivity contribution >= 4 is 28.4 Å². The van der Waals surface area contributed by atoms with Gasteiger partial charge in [0.05, 0.1) is 37.8 Å². The summed E-state index contributed by atoms with van der Waals surface area (Å²) in [5.41, 5.74) is 2.31. The number of morpholine rings is 1. The molecular weight excluding hydrogens is 340 g/mol. The van der Waals surface area contributed by atoms with Gasteiger partial charge in [0.25, 0.3) is 0 Å². The third-order valence-electron chi connectivity index (χ3n) is 5.26. The maximum absolute atomic E-state index is 5.41. The van der Waals surface area contributed by atoms with Gasteiger partial charge in [-0.05, 0) is 12.1 Å². The van der Waals surface area contributed by atoms with Gasteiger partial charge in [-0.3, -0.25) is 4.99 Å². The highest BCUT2D eigenvalue weighted by Crippen LogP contribution is 2.24. The van der Waals surface area contributed by atoms with E-state index < -0.39 is 0 Å². The van der Waals surface area contributed by atoms with Crippen LogP contribution in [0.15, 0.2) is 47.7 Å². The Labute approximate surface area is 157 Å². The summed E-state index contributed by atoms with van der Waals surface area (Å²) in [4.78, 5) is 18.5. The van der Waals surface area contributed by atoms with E-state index in [4.69, 9.17) is 9.73 Å². The maximum atomic E-state index is 5.41. The van der Waals surface area contributed by atoms with Crippen LogP contribution in [0.5, 0.6) is 0 Å². The molecule has 2 aliphatic heterocycles. The Morgan fingerprint density at radius 1 is 0.963 bits per heavy atom. The van der Waals surface area contributed by atoms with Crippen LogP contribution in [0.25, 0.3) is 10.9 Å². The average Bonchev–Trinajstić information content (AvgIpc) is 3.34. The van der Waals surface area contributed by atoms with Crippen molar-refractivity contribution in [3.05, 3.63) is 48.4 Å². The van der Waals surface area contributed by atoms with Crippen LogP contribution in [0.3, 0.4) is 0 Å². The molecule has 2 aromatic heterocycles. The van der Waals surface area contributed by atoms with Gasteiger partial charge in [0.15, 0.2) is 11.7 Å². The Hall–Kier alpha value is -2.93. The number of aromatic nitrogens is 3. The van der Waals surface area contributed by atoms with Gasteiger partial charge in [-0.1, -0.05) is 18.2 Å². The summed E-state index contributed by atoms with van der Waals surface area (Å²) in [5, 5.41) is 1.22. The van der Waals surface area contributed by atoms with E-state index in [0.717, 1.165) is 62.6 Å². The number of hydrogen-bond acceptors (Lipinski definition) is 6. The highest BCUT2D eigenvalue weighted by molar-refractivity contribution is 6.12. The molecule has 1 saturated heterocycles. The van der Waals surface area contributed by atoms with Crippen molar-refractivity contribution in [2.75, 3.05) is 49.2 Å². The third-order valence-corrected chi connectivity index (χ3v) is 5.26. The molecule has 3 aromatic rings. The summed E-state index contributed by atoms with van der Waals surface area (Å²) >= 11 is 0. The number of nitrogens with zero attached hydrogens (tertiary/aromatic N) is 6. The summed E-state index contributed by atoms with van der Waals surface area (Å²) in [5.74, 6) is 2.71. The number of amidine groups is 1. The SMILES string of the molecule is Cn1c(C2=NCCN2c2cnc(N3CCOCC3)cn2)cc2ccccc21. The molecule has 0 atom stereocenters. The lowest BCUT2D eigenvalue weighted by Gasteiger charge is -2.28. The summed E-state index contributed by atoms with van der Waals surface area (Å²) in [6.45, 7) is 4.80. The second-order valence-corrected chi connectivity index (χ2v) is 6.84. The van der Waals surface area contributed by atoms with Gasteiger partial charge in [0.1, 0.15) is 5.82 Å². The van der Waals surface area contributed by atoms with Crippen LogP contribution in [0.2, 0.25) is 0 Å². The van der Waals surface area contributed by atoms with Crippen molar-refractivity contribution in [1.82, 2.24) is 14.5 Å². The largest absolute Gasteiger partial charge is 0.378 e. The number of anilines is 2. The van der Waals surface area contributed by atoms with Crippen LogP contribution < -0.4 is 9.80 Å². The van der Waals surface area contributed by atoms with Crippen LogP contribution in [0, 0.1) is 0 Å². The van der Waals surface area contributed by atoms with Crippen molar-refractivity contribution < 1.29 is 4.74 Å². The number of benzene rings is 1. The van der Waals surface area contributed by atoms with Crippen molar-refractivity contribution in [1.29, 1.82) is 0 Å². The molecule has 0 N–H and O–H groups in total. The second-order valence-electron chi connectivity index (χ2n) is 6.84. The van der Waals surface area contributed by atoms with Gasteiger partial charge in [0, 0.05) is 37.6 Å². The number of hydrogen-bond donors (Lipinski definition) is 0. The highest BCUT2D eigenvalue weighted by Gasteiger charge is 2.25. The van der Waals surface area contributed by atoms with E-state index in [2.05, 4.69) is 61.7 Å². The predicted octanol–water partition coefficient (Wildman–Crippen LogP) is 2.07. The van der Waals surface area contributed by atoms with Crippen molar-refractivity contribution in [3.8, 4) is 0 Å². The molecule has 1 aromatic carbocycles. The molecule has 0 amide bonds. The summed E-state index contributed by atoms with van der Waals surface area (Å²) in [7, 11) is 2.09. The molecule has 0 aliphatic carbocycles. The van der Waals surface area contributed by atoms with Crippen LogP contribution in [0.1, 0.15) is 5.69 Å². The highest BCUT2D eigenvalue weighted by atomic mass is 16.5. The first-order valence-electron chi connectivity index (χ1n) is 9.33. The zero-order valence-corrected chi connectivity index (χ0v) is 15.4. The molecule has 2 aliphatic rings. The Bertz CT molecular complexity index is 987. The minimum atomic E-state index is 0.743. The molecule has 1 fully saturated rings. The second kappa shape index (κ2) is 6.66. The summed E-state index contributed by atoms with van der Waals surface area (Å²) in [6.07, 6.45) is 3.71. The molecule has 0 unspecified atom stereocenters. The lowest BCUT2D eigenvalue weighted by Crippen LogP contribution is -2.37. The first-order valence-corrected chi connectivity index (χ1v) is 9.33. The number of rotatable bonds is 3. The number of fused-ring (bicyclic) bond motifs is 1. The predicted molar refractivity (Wildman–Crippen MR) is 107 cm³/mol. The first kappa shape index (κ1) is 16.3. The van der Waals surface area contributed by atoms with Crippen molar-refractivity contribution in [2.45, 2.75) is 0 Å². The molecule has 0 spiro atoms. The fourth-order valence-corrected chi connectivity index (χ4v) is 3.80. The van der Waals surface area contributed by atoms with E-state index in [1.807, 2.05) is 12.4 Å². The van der Waals surface area contributed by atoms with Crippen LogP contribution in [-0.4, -0.2) is 59.8 Å².